The molecule has 4 aromatic rings. The zero-order chi connectivity index (χ0) is 22.3. The number of hydrogen-bond donors (Lipinski definition) is 2. The zero-order valence-electron chi connectivity index (χ0n) is 19.2. The number of para-hydroxylation sites is 1. The summed E-state index contributed by atoms with van der Waals surface area (Å²) >= 11 is 0. The second-order valence-electron chi connectivity index (χ2n) is 8.03. The van der Waals surface area contributed by atoms with Gasteiger partial charge >= 0.3 is 5.95 Å². The minimum Gasteiger partial charge on any atom is -0.369 e. The number of benzene rings is 3. The number of H-pyrrole nitrogens is 1. The molecule has 0 atom stereocenters. The van der Waals surface area contributed by atoms with E-state index in [1.165, 1.54) is 16.8 Å². The number of imidazole rings is 1. The van der Waals surface area contributed by atoms with Gasteiger partial charge in [0.25, 0.3) is 0 Å². The van der Waals surface area contributed by atoms with Crippen molar-refractivity contribution < 1.29 is 4.57 Å². The van der Waals surface area contributed by atoms with E-state index in [9.17, 15) is 0 Å². The number of fused-ring (bicyclic) bond motifs is 1. The van der Waals surface area contributed by atoms with E-state index in [4.69, 9.17) is 5.73 Å². The Morgan fingerprint density at radius 3 is 2.16 bits per heavy atom. The van der Waals surface area contributed by atoms with Crippen LogP contribution in [0.1, 0.15) is 25.0 Å². The molecule has 1 aliphatic rings. The molecule has 0 spiro atoms. The molecule has 0 amide bonds. The molecule has 1 aliphatic heterocycles. The average molecular weight is 429 g/mol. The molecule has 1 saturated heterocycles. The number of aromatic amines is 1. The van der Waals surface area contributed by atoms with Gasteiger partial charge in [-0.3, -0.25) is 10.6 Å². The molecule has 5 heteroatoms. The van der Waals surface area contributed by atoms with Gasteiger partial charge in [-0.05, 0) is 35.4 Å². The number of piperazine rings is 1. The summed E-state index contributed by atoms with van der Waals surface area (Å²) in [5.41, 5.74) is 12.4. The minimum atomic E-state index is 0.697. The van der Waals surface area contributed by atoms with Gasteiger partial charge in [0.15, 0.2) is 0 Å². The van der Waals surface area contributed by atoms with Crippen LogP contribution in [0.2, 0.25) is 0 Å². The largest absolute Gasteiger partial charge is 0.369 e. The lowest BCUT2D eigenvalue weighted by Crippen LogP contribution is -2.45. The number of aromatic nitrogens is 2. The van der Waals surface area contributed by atoms with Crippen molar-refractivity contribution in [3.8, 4) is 0 Å². The second kappa shape index (κ2) is 10.3. The summed E-state index contributed by atoms with van der Waals surface area (Å²) in [6, 6.07) is 27.8. The zero-order valence-corrected chi connectivity index (χ0v) is 19.2. The summed E-state index contributed by atoms with van der Waals surface area (Å²) in [5.74, 6) is 0.697. The van der Waals surface area contributed by atoms with E-state index < -0.39 is 0 Å². The molecule has 1 fully saturated rings. The second-order valence-corrected chi connectivity index (χ2v) is 8.03. The average Bonchev–Trinajstić information content (AvgIpc) is 3.16. The first kappa shape index (κ1) is 21.9. The number of nitrogens with one attached hydrogen (secondary N) is 1. The van der Waals surface area contributed by atoms with Crippen LogP contribution in [0.3, 0.4) is 0 Å². The number of nitrogens with two attached hydrogens (primary N) is 1. The van der Waals surface area contributed by atoms with Gasteiger partial charge in [0.2, 0.25) is 0 Å². The summed E-state index contributed by atoms with van der Waals surface area (Å²) in [4.78, 5) is 8.37. The van der Waals surface area contributed by atoms with E-state index in [-0.39, 0.29) is 0 Å². The fraction of sp³-hybridized carbons (Fsp3) is 0.296. The van der Waals surface area contributed by atoms with Crippen molar-refractivity contribution in [2.45, 2.75) is 26.9 Å². The van der Waals surface area contributed by atoms with Crippen molar-refractivity contribution in [3.63, 3.8) is 0 Å². The molecule has 2 heterocycles. The topological polar surface area (TPSA) is 52.2 Å². The third-order valence-electron chi connectivity index (χ3n) is 5.99. The fourth-order valence-electron chi connectivity index (χ4n) is 4.35. The van der Waals surface area contributed by atoms with Crippen LogP contribution >= 0.6 is 0 Å². The molecule has 5 rings (SSSR count). The Morgan fingerprint density at radius 2 is 1.47 bits per heavy atom. The summed E-state index contributed by atoms with van der Waals surface area (Å²) in [5, 5.41) is 0. The third-order valence-corrected chi connectivity index (χ3v) is 5.99. The van der Waals surface area contributed by atoms with Crippen LogP contribution in [0.4, 0.5) is 11.6 Å². The maximum absolute atomic E-state index is 6.30. The number of rotatable bonds is 5. The number of hydrogen-bond acceptors (Lipinski definition) is 3. The van der Waals surface area contributed by atoms with E-state index in [1.54, 1.807) is 0 Å². The van der Waals surface area contributed by atoms with Crippen LogP contribution in [-0.2, 0) is 13.1 Å². The highest BCUT2D eigenvalue weighted by molar-refractivity contribution is 5.73. The van der Waals surface area contributed by atoms with Crippen molar-refractivity contribution in [1.29, 1.82) is 0 Å². The maximum Gasteiger partial charge on any atom is 0.353 e. The van der Waals surface area contributed by atoms with Crippen LogP contribution in [0, 0.1) is 0 Å². The maximum atomic E-state index is 6.30. The normalized spacial score (nSPS) is 14.2. The predicted octanol–water partition coefficient (Wildman–Crippen LogP) is 4.43. The van der Waals surface area contributed by atoms with Crippen LogP contribution in [0.5, 0.6) is 0 Å². The standard InChI is InChI=1S/C25H27N5.C2H6/c26-25-27-23-17-21(11-12-24(23)30(25)19-20-7-3-1-4-8-20)18-28-13-15-29(16-14-28)22-9-5-2-6-10-22;1-2/h1-12,17H,13-16,18-19H2,(H2,26,27);1-2H3/p+1. The van der Waals surface area contributed by atoms with Gasteiger partial charge in [-0.25, -0.2) is 9.55 Å². The molecule has 5 nitrogen and oxygen atoms in total. The minimum absolute atomic E-state index is 0.697. The Kier molecular flexibility index (Phi) is 7.07. The number of nitrogen functional groups attached to an aromatic ring is 1. The molecule has 0 bridgehead atoms. The summed E-state index contributed by atoms with van der Waals surface area (Å²) in [6.45, 7) is 10.0. The lowest BCUT2D eigenvalue weighted by Gasteiger charge is -2.36. The van der Waals surface area contributed by atoms with Crippen molar-refractivity contribution in [3.05, 3.63) is 90.0 Å². The SMILES string of the molecule is CC.Nc1[nH]c2cc(CN3CCN(c4ccccc4)CC3)ccc2[n+]1Cc1ccccc1. The van der Waals surface area contributed by atoms with Crippen molar-refractivity contribution in [2.24, 2.45) is 0 Å². The quantitative estimate of drug-likeness (QED) is 0.462. The van der Waals surface area contributed by atoms with Gasteiger partial charge < -0.3 is 4.90 Å². The smallest absolute Gasteiger partial charge is 0.353 e. The predicted molar refractivity (Wildman–Crippen MR) is 134 cm³/mol. The first-order valence-corrected chi connectivity index (χ1v) is 11.6. The first-order chi connectivity index (χ1) is 15.8. The molecule has 32 heavy (non-hydrogen) atoms. The first-order valence-electron chi connectivity index (χ1n) is 11.6. The highest BCUT2D eigenvalue weighted by Gasteiger charge is 2.19. The monoisotopic (exact) mass is 428 g/mol. The Morgan fingerprint density at radius 1 is 0.812 bits per heavy atom. The summed E-state index contributed by atoms with van der Waals surface area (Å²) in [7, 11) is 0. The molecule has 166 valence electrons. The summed E-state index contributed by atoms with van der Waals surface area (Å²) in [6.07, 6.45) is 0. The van der Waals surface area contributed by atoms with E-state index in [2.05, 4.69) is 92.1 Å². The molecule has 0 saturated carbocycles. The Balaban J connectivity index is 0.00000119. The molecule has 0 unspecified atom stereocenters. The van der Waals surface area contributed by atoms with Gasteiger partial charge in [-0.2, -0.15) is 0 Å². The van der Waals surface area contributed by atoms with Crippen molar-refractivity contribution in [1.82, 2.24) is 9.88 Å². The van der Waals surface area contributed by atoms with Gasteiger partial charge in [-0.15, -0.1) is 0 Å². The lowest BCUT2D eigenvalue weighted by atomic mass is 10.1. The lowest BCUT2D eigenvalue weighted by molar-refractivity contribution is -0.647. The molecule has 3 aromatic carbocycles. The van der Waals surface area contributed by atoms with E-state index in [1.807, 2.05) is 19.9 Å². The highest BCUT2D eigenvalue weighted by atomic mass is 15.3. The highest BCUT2D eigenvalue weighted by Crippen LogP contribution is 2.19. The van der Waals surface area contributed by atoms with E-state index in [0.29, 0.717) is 5.95 Å². The molecule has 0 radical (unpaired) electrons. The van der Waals surface area contributed by atoms with Crippen LogP contribution in [0.25, 0.3) is 11.0 Å². The number of nitrogens with zero attached hydrogens (tertiary/aromatic N) is 3. The van der Waals surface area contributed by atoms with Crippen molar-refractivity contribution >= 4 is 22.7 Å². The van der Waals surface area contributed by atoms with E-state index in [0.717, 1.165) is 50.3 Å². The molecule has 0 aliphatic carbocycles. The van der Waals surface area contributed by atoms with E-state index >= 15 is 0 Å². The van der Waals surface area contributed by atoms with Crippen LogP contribution in [0.15, 0.2) is 78.9 Å². The third kappa shape index (κ3) is 4.94. The summed E-state index contributed by atoms with van der Waals surface area (Å²) < 4.78 is 2.15. The van der Waals surface area contributed by atoms with Gasteiger partial charge in [0.05, 0.1) is 6.54 Å². The molecular weight excluding hydrogens is 394 g/mol. The van der Waals surface area contributed by atoms with Gasteiger partial charge in [-0.1, -0.05) is 68.4 Å². The number of anilines is 2. The van der Waals surface area contributed by atoms with Crippen LogP contribution in [-0.4, -0.2) is 36.1 Å². The van der Waals surface area contributed by atoms with Crippen molar-refractivity contribution in [2.75, 3.05) is 36.8 Å². The Bertz CT molecular complexity index is 1110. The Hall–Kier alpha value is -3.31. The fourth-order valence-corrected chi connectivity index (χ4v) is 4.35. The Labute approximate surface area is 191 Å². The van der Waals surface area contributed by atoms with Gasteiger partial charge in [0.1, 0.15) is 11.0 Å². The van der Waals surface area contributed by atoms with Gasteiger partial charge in [0, 0.05) is 38.4 Å². The molecule has 3 N–H and O–H groups in total. The van der Waals surface area contributed by atoms with Crippen LogP contribution < -0.4 is 15.2 Å². The molecule has 1 aromatic heterocycles. The molecular formula is C27H34N5+.